The highest BCUT2D eigenvalue weighted by molar-refractivity contribution is 4.87. The lowest BCUT2D eigenvalue weighted by molar-refractivity contribution is 0.0717. The van der Waals surface area contributed by atoms with E-state index < -0.39 is 0 Å². The predicted molar refractivity (Wildman–Crippen MR) is 87.8 cm³/mol. The van der Waals surface area contributed by atoms with Crippen LogP contribution in [0.1, 0.15) is 96.8 Å². The maximum absolute atomic E-state index is 2.47. The molecule has 0 saturated heterocycles. The summed E-state index contributed by atoms with van der Waals surface area (Å²) in [6.07, 6.45) is 21.7. The summed E-state index contributed by atoms with van der Waals surface area (Å²) in [6.45, 7) is 2.47. The molecule has 3 aliphatic rings. The summed E-state index contributed by atoms with van der Waals surface area (Å²) < 4.78 is 0. The largest absolute Gasteiger partial charge is 0.0651 e. The molecule has 0 spiro atoms. The molecule has 0 heteroatoms. The van der Waals surface area contributed by atoms with E-state index in [-0.39, 0.29) is 0 Å². The fraction of sp³-hybridized carbons (Fsp3) is 1.00. The van der Waals surface area contributed by atoms with E-state index in [4.69, 9.17) is 0 Å². The Morgan fingerprint density at radius 3 is 2.25 bits per heavy atom. The van der Waals surface area contributed by atoms with Crippen molar-refractivity contribution in [1.82, 2.24) is 0 Å². The second kappa shape index (κ2) is 7.32. The Bertz CT molecular complexity index is 274. The molecule has 3 saturated carbocycles. The Balaban J connectivity index is 1.58. The maximum Gasteiger partial charge on any atom is -0.0357 e. The van der Waals surface area contributed by atoms with E-state index >= 15 is 0 Å². The van der Waals surface area contributed by atoms with E-state index in [1.54, 1.807) is 51.4 Å². The van der Waals surface area contributed by atoms with Gasteiger partial charge in [0.05, 0.1) is 0 Å². The number of rotatable bonds is 4. The minimum atomic E-state index is 1.07. The highest BCUT2D eigenvalue weighted by atomic mass is 14.4. The molecule has 3 aliphatic carbocycles. The van der Waals surface area contributed by atoms with E-state index in [0.29, 0.717) is 0 Å². The molecule has 0 aliphatic heterocycles. The van der Waals surface area contributed by atoms with Crippen LogP contribution in [0.5, 0.6) is 0 Å². The van der Waals surface area contributed by atoms with E-state index in [1.807, 2.05) is 0 Å². The highest BCUT2D eigenvalue weighted by Crippen LogP contribution is 2.47. The zero-order valence-corrected chi connectivity index (χ0v) is 13.8. The monoisotopic (exact) mass is 276 g/mol. The van der Waals surface area contributed by atoms with Crippen LogP contribution in [0.4, 0.5) is 0 Å². The van der Waals surface area contributed by atoms with Gasteiger partial charge in [-0.1, -0.05) is 84.0 Å². The van der Waals surface area contributed by atoms with Crippen molar-refractivity contribution in [3.8, 4) is 0 Å². The summed E-state index contributed by atoms with van der Waals surface area (Å²) in [4.78, 5) is 0. The van der Waals surface area contributed by atoms with Gasteiger partial charge in [-0.05, 0) is 42.4 Å². The van der Waals surface area contributed by atoms with Crippen LogP contribution < -0.4 is 0 Å². The van der Waals surface area contributed by atoms with Gasteiger partial charge in [0.2, 0.25) is 0 Å². The van der Waals surface area contributed by atoms with Crippen LogP contribution in [0.25, 0.3) is 0 Å². The van der Waals surface area contributed by atoms with Gasteiger partial charge in [-0.15, -0.1) is 0 Å². The molecule has 0 amide bonds. The van der Waals surface area contributed by atoms with Crippen LogP contribution in [0.15, 0.2) is 0 Å². The minimum absolute atomic E-state index is 1.07. The summed E-state index contributed by atoms with van der Waals surface area (Å²) >= 11 is 0. The zero-order chi connectivity index (χ0) is 13.8. The van der Waals surface area contributed by atoms with E-state index in [9.17, 15) is 0 Å². The van der Waals surface area contributed by atoms with Gasteiger partial charge >= 0.3 is 0 Å². The summed E-state index contributed by atoms with van der Waals surface area (Å²) in [6, 6.07) is 0. The second-order valence-corrected chi connectivity index (χ2v) is 8.20. The van der Waals surface area contributed by atoms with Crippen LogP contribution >= 0.6 is 0 Å². The van der Waals surface area contributed by atoms with Gasteiger partial charge in [-0.25, -0.2) is 0 Å². The minimum Gasteiger partial charge on any atom is -0.0651 e. The molecule has 3 fully saturated rings. The van der Waals surface area contributed by atoms with Crippen molar-refractivity contribution in [1.29, 1.82) is 0 Å². The van der Waals surface area contributed by atoms with Gasteiger partial charge in [0.15, 0.2) is 0 Å². The van der Waals surface area contributed by atoms with Crippen molar-refractivity contribution < 1.29 is 0 Å². The zero-order valence-electron chi connectivity index (χ0n) is 13.8. The van der Waals surface area contributed by atoms with Crippen LogP contribution in [0, 0.1) is 29.6 Å². The van der Waals surface area contributed by atoms with Crippen molar-refractivity contribution in [2.45, 2.75) is 96.8 Å². The van der Waals surface area contributed by atoms with Crippen molar-refractivity contribution in [2.75, 3.05) is 0 Å². The first kappa shape index (κ1) is 14.9. The summed E-state index contributed by atoms with van der Waals surface area (Å²) in [5, 5.41) is 0. The average Bonchev–Trinajstić information content (AvgIpc) is 2.53. The Morgan fingerprint density at radius 2 is 1.45 bits per heavy atom. The molecule has 0 nitrogen and oxygen atoms in total. The summed E-state index contributed by atoms with van der Waals surface area (Å²) in [7, 11) is 0. The van der Waals surface area contributed by atoms with Crippen molar-refractivity contribution in [3.05, 3.63) is 0 Å². The van der Waals surface area contributed by atoms with Gasteiger partial charge in [0.1, 0.15) is 0 Å². The third-order valence-electron chi connectivity index (χ3n) is 7.17. The van der Waals surface area contributed by atoms with Crippen LogP contribution in [-0.2, 0) is 0 Å². The SMILES string of the molecule is CCC(CC1CCCC2CCCCC21)C1CCCCC1. The van der Waals surface area contributed by atoms with Gasteiger partial charge in [0.25, 0.3) is 0 Å². The third-order valence-corrected chi connectivity index (χ3v) is 7.17. The van der Waals surface area contributed by atoms with Crippen molar-refractivity contribution >= 4 is 0 Å². The first-order chi connectivity index (χ1) is 9.88. The van der Waals surface area contributed by atoms with E-state index in [0.717, 1.165) is 29.6 Å². The van der Waals surface area contributed by atoms with Crippen LogP contribution in [0.2, 0.25) is 0 Å². The second-order valence-electron chi connectivity index (χ2n) is 8.20. The van der Waals surface area contributed by atoms with Gasteiger partial charge < -0.3 is 0 Å². The van der Waals surface area contributed by atoms with Crippen LogP contribution in [-0.4, -0.2) is 0 Å². The molecule has 4 unspecified atom stereocenters. The molecule has 0 N–H and O–H groups in total. The summed E-state index contributed by atoms with van der Waals surface area (Å²) in [5.41, 5.74) is 0. The Labute approximate surface area is 127 Å². The molecule has 0 heterocycles. The number of fused-ring (bicyclic) bond motifs is 1. The average molecular weight is 277 g/mol. The molecule has 4 atom stereocenters. The topological polar surface area (TPSA) is 0 Å². The molecule has 0 bridgehead atoms. The molecular formula is C20H36. The van der Waals surface area contributed by atoms with Gasteiger partial charge in [-0.2, -0.15) is 0 Å². The normalized spacial score (nSPS) is 37.4. The standard InChI is InChI=1S/C20H36/c1-2-16(17-9-4-3-5-10-17)15-19-13-8-12-18-11-6-7-14-20(18)19/h16-20H,2-15H2,1H3. The number of hydrogen-bond donors (Lipinski definition) is 0. The predicted octanol–water partition coefficient (Wildman–Crippen LogP) is 6.59. The molecule has 0 radical (unpaired) electrons. The third kappa shape index (κ3) is 3.42. The lowest BCUT2D eigenvalue weighted by Gasteiger charge is -2.44. The first-order valence-electron chi connectivity index (χ1n) is 9.88. The van der Waals surface area contributed by atoms with Gasteiger partial charge in [0, 0.05) is 0 Å². The maximum atomic E-state index is 2.47. The lowest BCUT2D eigenvalue weighted by atomic mass is 9.62. The van der Waals surface area contributed by atoms with Crippen LogP contribution in [0.3, 0.4) is 0 Å². The smallest absolute Gasteiger partial charge is 0.0357 e. The molecular weight excluding hydrogens is 240 g/mol. The first-order valence-corrected chi connectivity index (χ1v) is 9.88. The molecule has 116 valence electrons. The Hall–Kier alpha value is 0. The lowest BCUT2D eigenvalue weighted by Crippen LogP contribution is -2.33. The molecule has 0 aromatic rings. The Kier molecular flexibility index (Phi) is 5.46. The fourth-order valence-corrected chi connectivity index (χ4v) is 6.05. The highest BCUT2D eigenvalue weighted by Gasteiger charge is 2.36. The molecule has 0 aromatic heterocycles. The van der Waals surface area contributed by atoms with Crippen molar-refractivity contribution in [2.24, 2.45) is 29.6 Å². The van der Waals surface area contributed by atoms with E-state index in [1.165, 1.54) is 38.5 Å². The molecule has 0 aromatic carbocycles. The Morgan fingerprint density at radius 1 is 0.750 bits per heavy atom. The quantitative estimate of drug-likeness (QED) is 0.543. The fourth-order valence-electron chi connectivity index (χ4n) is 6.05. The molecule has 20 heavy (non-hydrogen) atoms. The van der Waals surface area contributed by atoms with E-state index in [2.05, 4.69) is 6.92 Å². The van der Waals surface area contributed by atoms with Gasteiger partial charge in [-0.3, -0.25) is 0 Å². The van der Waals surface area contributed by atoms with Crippen molar-refractivity contribution in [3.63, 3.8) is 0 Å². The summed E-state index contributed by atoms with van der Waals surface area (Å²) in [5.74, 6) is 5.54. The molecule has 3 rings (SSSR count). The number of hydrogen-bond acceptors (Lipinski definition) is 0.